The van der Waals surface area contributed by atoms with E-state index in [1.165, 1.54) is 5.56 Å². The first-order valence-electron chi connectivity index (χ1n) is 6.12. The molecule has 3 rings (SSSR count). The van der Waals surface area contributed by atoms with Gasteiger partial charge in [0, 0.05) is 25.1 Å². The first kappa shape index (κ1) is 11.2. The summed E-state index contributed by atoms with van der Waals surface area (Å²) in [6, 6.07) is 8.51. The van der Waals surface area contributed by atoms with Gasteiger partial charge in [0.25, 0.3) is 0 Å². The average Bonchev–Trinajstić information content (AvgIpc) is 2.82. The van der Waals surface area contributed by atoms with E-state index < -0.39 is 0 Å². The lowest BCUT2D eigenvalue weighted by molar-refractivity contribution is 0.251. The number of nitrogens with one attached hydrogen (secondary N) is 1. The molecule has 0 radical (unpaired) electrons. The summed E-state index contributed by atoms with van der Waals surface area (Å²) in [6.45, 7) is 1.48. The Morgan fingerprint density at radius 3 is 3.17 bits per heavy atom. The Morgan fingerprint density at radius 2 is 2.33 bits per heavy atom. The van der Waals surface area contributed by atoms with Gasteiger partial charge >= 0.3 is 0 Å². The van der Waals surface area contributed by atoms with Crippen molar-refractivity contribution in [3.63, 3.8) is 0 Å². The van der Waals surface area contributed by atoms with Crippen molar-refractivity contribution in [2.45, 2.75) is 19.0 Å². The van der Waals surface area contributed by atoms with E-state index in [2.05, 4.69) is 21.5 Å². The average molecular weight is 244 g/mol. The van der Waals surface area contributed by atoms with Crippen LogP contribution >= 0.6 is 0 Å². The van der Waals surface area contributed by atoms with E-state index in [9.17, 15) is 0 Å². The third kappa shape index (κ3) is 2.09. The molecule has 1 aromatic heterocycles. The molecule has 2 aromatic rings. The summed E-state index contributed by atoms with van der Waals surface area (Å²) in [4.78, 5) is 4.21. The van der Waals surface area contributed by atoms with Crippen LogP contribution in [0.25, 0.3) is 0 Å². The van der Waals surface area contributed by atoms with Crippen LogP contribution in [0.5, 0.6) is 5.75 Å². The lowest BCUT2D eigenvalue weighted by atomic mass is 10.0. The molecule has 0 bridgehead atoms. The maximum Gasteiger partial charge on any atom is 0.140 e. The number of fused-ring (bicyclic) bond motifs is 1. The van der Waals surface area contributed by atoms with Gasteiger partial charge in [-0.05, 0) is 6.07 Å². The van der Waals surface area contributed by atoms with Crippen molar-refractivity contribution in [2.24, 2.45) is 7.05 Å². The molecule has 94 valence electrons. The highest BCUT2D eigenvalue weighted by atomic mass is 16.5. The summed E-state index contributed by atoms with van der Waals surface area (Å²) in [5, 5.41) is 7.58. The third-order valence-electron chi connectivity index (χ3n) is 3.27. The Morgan fingerprint density at radius 1 is 1.44 bits per heavy atom. The second-order valence-electron chi connectivity index (χ2n) is 4.41. The molecule has 0 saturated heterocycles. The summed E-state index contributed by atoms with van der Waals surface area (Å²) in [5.41, 5.74) is 1.23. The molecule has 5 nitrogen and oxygen atoms in total. The number of para-hydroxylation sites is 1. The number of nitrogens with zero attached hydrogens (tertiary/aromatic N) is 3. The van der Waals surface area contributed by atoms with Crippen LogP contribution in [0.3, 0.4) is 0 Å². The fourth-order valence-corrected chi connectivity index (χ4v) is 2.25. The molecular formula is C13H16N4O. The van der Waals surface area contributed by atoms with E-state index in [4.69, 9.17) is 4.74 Å². The maximum atomic E-state index is 5.64. The predicted octanol–water partition coefficient (Wildman–Crippen LogP) is 1.43. The van der Waals surface area contributed by atoms with Gasteiger partial charge in [0.2, 0.25) is 0 Å². The minimum Gasteiger partial charge on any atom is -0.493 e. The molecule has 0 aliphatic carbocycles. The molecule has 1 N–H and O–H groups in total. The van der Waals surface area contributed by atoms with E-state index in [0.717, 1.165) is 31.1 Å². The van der Waals surface area contributed by atoms with Gasteiger partial charge in [-0.3, -0.25) is 4.68 Å². The quantitative estimate of drug-likeness (QED) is 0.887. The summed E-state index contributed by atoms with van der Waals surface area (Å²) >= 11 is 0. The van der Waals surface area contributed by atoms with Gasteiger partial charge in [0.05, 0.1) is 13.2 Å². The van der Waals surface area contributed by atoms with Gasteiger partial charge in [-0.25, -0.2) is 4.98 Å². The third-order valence-corrected chi connectivity index (χ3v) is 3.27. The summed E-state index contributed by atoms with van der Waals surface area (Å²) < 4.78 is 7.43. The molecule has 2 heterocycles. The second-order valence-corrected chi connectivity index (χ2v) is 4.41. The monoisotopic (exact) mass is 244 g/mol. The van der Waals surface area contributed by atoms with Crippen LogP contribution in [0, 0.1) is 0 Å². The van der Waals surface area contributed by atoms with Crippen molar-refractivity contribution in [1.29, 1.82) is 0 Å². The van der Waals surface area contributed by atoms with Crippen LogP contribution < -0.4 is 10.1 Å². The number of aromatic nitrogens is 3. The maximum absolute atomic E-state index is 5.64. The first-order valence-corrected chi connectivity index (χ1v) is 6.12. The summed E-state index contributed by atoms with van der Waals surface area (Å²) in [6.07, 6.45) is 2.56. The zero-order valence-corrected chi connectivity index (χ0v) is 10.3. The van der Waals surface area contributed by atoms with E-state index in [1.807, 2.05) is 25.2 Å². The van der Waals surface area contributed by atoms with Crippen molar-refractivity contribution in [2.75, 3.05) is 6.61 Å². The van der Waals surface area contributed by atoms with Gasteiger partial charge in [-0.2, -0.15) is 5.10 Å². The number of ether oxygens (including phenoxy) is 1. The Labute approximate surface area is 106 Å². The topological polar surface area (TPSA) is 52.0 Å². The standard InChI is InChI=1S/C13H16N4O/c1-17-13(15-9-16-17)8-14-11-6-7-18-12-5-3-2-4-10(11)12/h2-5,9,11,14H,6-8H2,1H3. The lowest BCUT2D eigenvalue weighted by Gasteiger charge is -2.26. The van der Waals surface area contributed by atoms with Crippen LogP contribution in [0.1, 0.15) is 23.9 Å². The number of hydrogen-bond donors (Lipinski definition) is 1. The SMILES string of the molecule is Cn1ncnc1CNC1CCOc2ccccc21. The first-order chi connectivity index (χ1) is 8.84. The van der Waals surface area contributed by atoms with Crippen LogP contribution in [-0.2, 0) is 13.6 Å². The van der Waals surface area contributed by atoms with E-state index >= 15 is 0 Å². The molecule has 0 saturated carbocycles. The van der Waals surface area contributed by atoms with Crippen LogP contribution in [0.15, 0.2) is 30.6 Å². The Balaban J connectivity index is 1.73. The van der Waals surface area contributed by atoms with E-state index in [0.29, 0.717) is 6.04 Å². The zero-order valence-electron chi connectivity index (χ0n) is 10.3. The van der Waals surface area contributed by atoms with Crippen molar-refractivity contribution < 1.29 is 4.74 Å². The van der Waals surface area contributed by atoms with Crippen molar-refractivity contribution in [1.82, 2.24) is 20.1 Å². The lowest BCUT2D eigenvalue weighted by Crippen LogP contribution is -2.27. The molecular weight excluding hydrogens is 228 g/mol. The largest absolute Gasteiger partial charge is 0.493 e. The Hall–Kier alpha value is -1.88. The molecule has 18 heavy (non-hydrogen) atoms. The van der Waals surface area contributed by atoms with E-state index in [1.54, 1.807) is 11.0 Å². The molecule has 0 fully saturated rings. The number of hydrogen-bond acceptors (Lipinski definition) is 4. The number of aryl methyl sites for hydroxylation is 1. The Kier molecular flexibility index (Phi) is 2.98. The van der Waals surface area contributed by atoms with Crippen LogP contribution in [0.2, 0.25) is 0 Å². The molecule has 1 aliphatic rings. The molecule has 1 atom stereocenters. The van der Waals surface area contributed by atoms with Gasteiger partial charge in [0.1, 0.15) is 17.9 Å². The highest BCUT2D eigenvalue weighted by Gasteiger charge is 2.20. The second kappa shape index (κ2) is 4.78. The minimum absolute atomic E-state index is 0.326. The highest BCUT2D eigenvalue weighted by Crippen LogP contribution is 2.31. The zero-order chi connectivity index (χ0) is 12.4. The molecule has 0 spiro atoms. The number of benzene rings is 1. The fourth-order valence-electron chi connectivity index (χ4n) is 2.25. The molecule has 1 unspecified atom stereocenters. The van der Waals surface area contributed by atoms with Crippen LogP contribution in [0.4, 0.5) is 0 Å². The Bertz CT molecular complexity index is 537. The molecule has 1 aromatic carbocycles. The van der Waals surface area contributed by atoms with Crippen molar-refractivity contribution in [3.8, 4) is 5.75 Å². The van der Waals surface area contributed by atoms with Gasteiger partial charge in [0.15, 0.2) is 0 Å². The van der Waals surface area contributed by atoms with Crippen LogP contribution in [-0.4, -0.2) is 21.4 Å². The van der Waals surface area contributed by atoms with E-state index in [-0.39, 0.29) is 0 Å². The molecule has 0 amide bonds. The number of rotatable bonds is 3. The van der Waals surface area contributed by atoms with Crippen molar-refractivity contribution >= 4 is 0 Å². The normalized spacial score (nSPS) is 18.2. The smallest absolute Gasteiger partial charge is 0.140 e. The minimum atomic E-state index is 0.326. The summed E-state index contributed by atoms with van der Waals surface area (Å²) in [5.74, 6) is 1.93. The van der Waals surface area contributed by atoms with Crippen molar-refractivity contribution in [3.05, 3.63) is 42.0 Å². The molecule has 1 aliphatic heterocycles. The van der Waals surface area contributed by atoms with Gasteiger partial charge < -0.3 is 10.1 Å². The summed E-state index contributed by atoms with van der Waals surface area (Å²) in [7, 11) is 1.90. The van der Waals surface area contributed by atoms with Gasteiger partial charge in [-0.1, -0.05) is 18.2 Å². The fraction of sp³-hybridized carbons (Fsp3) is 0.385. The predicted molar refractivity (Wildman–Crippen MR) is 67.1 cm³/mol. The molecule has 5 heteroatoms. The highest BCUT2D eigenvalue weighted by molar-refractivity contribution is 5.37. The van der Waals surface area contributed by atoms with Gasteiger partial charge in [-0.15, -0.1) is 0 Å².